The molecular weight excluding hydrogens is 148 g/mol. The van der Waals surface area contributed by atoms with Gasteiger partial charge in [-0.2, -0.15) is 5.10 Å². The maximum Gasteiger partial charge on any atom is 0.0596 e. The molecule has 1 aromatic rings. The predicted octanol–water partition coefficient (Wildman–Crippen LogP) is 2.66. The third-order valence-electron chi connectivity index (χ3n) is 1.77. The van der Waals surface area contributed by atoms with E-state index in [-0.39, 0.29) is 12.8 Å². The fourth-order valence-electron chi connectivity index (χ4n) is 1.31. The molecule has 0 aliphatic heterocycles. The van der Waals surface area contributed by atoms with Crippen LogP contribution in [0.3, 0.4) is 0 Å². The molecule has 0 aliphatic carbocycles. The Balaban J connectivity index is 0.00000121. The van der Waals surface area contributed by atoms with E-state index in [1.807, 2.05) is 18.7 Å². The summed E-state index contributed by atoms with van der Waals surface area (Å²) in [6.45, 7) is 8.62. The first-order valence-electron chi connectivity index (χ1n) is 3.92. The molecule has 0 aliphatic rings. The lowest BCUT2D eigenvalue weighted by molar-refractivity contribution is 0.522. The zero-order valence-electron chi connectivity index (χ0n) is 7.97. The summed E-state index contributed by atoms with van der Waals surface area (Å²) >= 11 is 0. The molecule has 0 unspecified atom stereocenters. The molecule has 0 bridgehead atoms. The molecule has 0 N–H and O–H groups in total. The van der Waals surface area contributed by atoms with Crippen LogP contribution in [0.4, 0.5) is 0 Å². The van der Waals surface area contributed by atoms with Crippen LogP contribution < -0.4 is 0 Å². The predicted molar refractivity (Wildman–Crippen MR) is 53.4 cm³/mol. The first kappa shape index (κ1) is 11.2. The van der Waals surface area contributed by atoms with Crippen LogP contribution in [0.5, 0.6) is 0 Å². The minimum absolute atomic E-state index is 0. The Bertz CT molecular complexity index is 253. The average molecular weight is 168 g/mol. The smallest absolute Gasteiger partial charge is 0.0596 e. The molecular formula is C10H20N2. The number of aromatic nitrogens is 2. The van der Waals surface area contributed by atoms with E-state index in [9.17, 15) is 0 Å². The normalized spacial score (nSPS) is 11.1. The zero-order valence-corrected chi connectivity index (χ0v) is 7.97. The molecule has 0 atom stereocenters. The van der Waals surface area contributed by atoms with Crippen molar-refractivity contribution in [2.75, 3.05) is 0 Å². The monoisotopic (exact) mass is 168 g/mol. The van der Waals surface area contributed by atoms with Gasteiger partial charge in [0.25, 0.3) is 0 Å². The fraction of sp³-hybridized carbons (Fsp3) is 0.700. The summed E-state index contributed by atoms with van der Waals surface area (Å²) in [6.07, 6.45) is 0. The minimum Gasteiger partial charge on any atom is -0.272 e. The minimum atomic E-state index is 0. The van der Waals surface area contributed by atoms with Crippen LogP contribution in [-0.2, 0) is 12.5 Å². The van der Waals surface area contributed by atoms with E-state index in [1.165, 1.54) is 5.69 Å². The molecule has 0 saturated heterocycles. The molecule has 2 heteroatoms. The Morgan fingerprint density at radius 2 is 1.83 bits per heavy atom. The summed E-state index contributed by atoms with van der Waals surface area (Å²) in [7, 11) is 1.99. The second-order valence-corrected chi connectivity index (χ2v) is 4.04. The van der Waals surface area contributed by atoms with Gasteiger partial charge in [0.15, 0.2) is 0 Å². The van der Waals surface area contributed by atoms with Gasteiger partial charge in [-0.15, -0.1) is 0 Å². The van der Waals surface area contributed by atoms with Gasteiger partial charge < -0.3 is 0 Å². The summed E-state index contributed by atoms with van der Waals surface area (Å²) in [5.41, 5.74) is 2.59. The second-order valence-electron chi connectivity index (χ2n) is 4.04. The van der Waals surface area contributed by atoms with Crippen molar-refractivity contribution < 1.29 is 0 Å². The van der Waals surface area contributed by atoms with Crippen LogP contribution in [0, 0.1) is 6.92 Å². The van der Waals surface area contributed by atoms with E-state index in [0.717, 1.165) is 5.69 Å². The quantitative estimate of drug-likeness (QED) is 0.582. The standard InChI is InChI=1S/C9H16N2.CH4/c1-7-6-8(9(2,3)4)11(5)10-7;/h6H,1-5H3;1H4. The molecule has 0 aromatic carbocycles. The lowest BCUT2D eigenvalue weighted by Crippen LogP contribution is -2.16. The van der Waals surface area contributed by atoms with Crippen LogP contribution >= 0.6 is 0 Å². The van der Waals surface area contributed by atoms with Gasteiger partial charge in [-0.1, -0.05) is 28.2 Å². The van der Waals surface area contributed by atoms with Crippen molar-refractivity contribution in [1.29, 1.82) is 0 Å². The van der Waals surface area contributed by atoms with Gasteiger partial charge in [0, 0.05) is 18.2 Å². The average Bonchev–Trinajstić information content (AvgIpc) is 2.08. The molecule has 70 valence electrons. The molecule has 0 spiro atoms. The Labute approximate surface area is 75.6 Å². The third kappa shape index (κ3) is 2.10. The fourth-order valence-corrected chi connectivity index (χ4v) is 1.31. The van der Waals surface area contributed by atoms with E-state index >= 15 is 0 Å². The van der Waals surface area contributed by atoms with Gasteiger partial charge in [0.1, 0.15) is 0 Å². The zero-order chi connectivity index (χ0) is 8.65. The molecule has 0 fully saturated rings. The summed E-state index contributed by atoms with van der Waals surface area (Å²) in [5, 5.41) is 4.29. The Kier molecular flexibility index (Phi) is 3.08. The number of aryl methyl sites for hydroxylation is 2. The molecule has 12 heavy (non-hydrogen) atoms. The van der Waals surface area contributed by atoms with Gasteiger partial charge in [0.05, 0.1) is 5.69 Å². The van der Waals surface area contributed by atoms with Crippen LogP contribution in [0.1, 0.15) is 39.6 Å². The summed E-state index contributed by atoms with van der Waals surface area (Å²) < 4.78 is 1.95. The van der Waals surface area contributed by atoms with Gasteiger partial charge in [0.2, 0.25) is 0 Å². The second kappa shape index (κ2) is 3.30. The van der Waals surface area contributed by atoms with Crippen molar-refractivity contribution in [3.63, 3.8) is 0 Å². The maximum absolute atomic E-state index is 4.29. The Hall–Kier alpha value is -0.790. The van der Waals surface area contributed by atoms with Crippen LogP contribution in [0.25, 0.3) is 0 Å². The lowest BCUT2D eigenvalue weighted by Gasteiger charge is -2.17. The molecule has 1 rings (SSSR count). The third-order valence-corrected chi connectivity index (χ3v) is 1.77. The molecule has 1 aromatic heterocycles. The number of hydrogen-bond donors (Lipinski definition) is 0. The first-order valence-corrected chi connectivity index (χ1v) is 3.92. The topological polar surface area (TPSA) is 17.8 Å². The van der Waals surface area contributed by atoms with Crippen molar-refractivity contribution in [3.8, 4) is 0 Å². The Morgan fingerprint density at radius 1 is 1.33 bits per heavy atom. The van der Waals surface area contributed by atoms with E-state index in [4.69, 9.17) is 0 Å². The van der Waals surface area contributed by atoms with Crippen molar-refractivity contribution in [1.82, 2.24) is 9.78 Å². The summed E-state index contributed by atoms with van der Waals surface area (Å²) in [6, 6.07) is 2.14. The van der Waals surface area contributed by atoms with Crippen molar-refractivity contribution in [3.05, 3.63) is 17.5 Å². The highest BCUT2D eigenvalue weighted by Gasteiger charge is 2.17. The van der Waals surface area contributed by atoms with Crippen molar-refractivity contribution >= 4 is 0 Å². The van der Waals surface area contributed by atoms with Crippen LogP contribution in [0.2, 0.25) is 0 Å². The van der Waals surface area contributed by atoms with Crippen LogP contribution in [-0.4, -0.2) is 9.78 Å². The van der Waals surface area contributed by atoms with Gasteiger partial charge >= 0.3 is 0 Å². The Morgan fingerprint density at radius 3 is 2.00 bits per heavy atom. The van der Waals surface area contributed by atoms with Gasteiger partial charge in [-0.05, 0) is 13.0 Å². The highest BCUT2D eigenvalue weighted by molar-refractivity contribution is 5.16. The summed E-state index contributed by atoms with van der Waals surface area (Å²) in [5.74, 6) is 0. The highest BCUT2D eigenvalue weighted by Crippen LogP contribution is 2.21. The van der Waals surface area contributed by atoms with E-state index in [0.29, 0.717) is 0 Å². The number of rotatable bonds is 0. The maximum atomic E-state index is 4.29. The van der Waals surface area contributed by atoms with E-state index < -0.39 is 0 Å². The first-order chi connectivity index (χ1) is 4.91. The summed E-state index contributed by atoms with van der Waals surface area (Å²) in [4.78, 5) is 0. The van der Waals surface area contributed by atoms with Gasteiger partial charge in [-0.3, -0.25) is 4.68 Å². The highest BCUT2D eigenvalue weighted by atomic mass is 15.3. The number of nitrogens with zero attached hydrogens (tertiary/aromatic N) is 2. The molecule has 1 heterocycles. The molecule has 0 saturated carbocycles. The van der Waals surface area contributed by atoms with Gasteiger partial charge in [-0.25, -0.2) is 0 Å². The van der Waals surface area contributed by atoms with Crippen molar-refractivity contribution in [2.45, 2.75) is 40.5 Å². The lowest BCUT2D eigenvalue weighted by atomic mass is 9.92. The molecule has 0 amide bonds. The van der Waals surface area contributed by atoms with Crippen LogP contribution in [0.15, 0.2) is 6.07 Å². The largest absolute Gasteiger partial charge is 0.272 e. The van der Waals surface area contributed by atoms with E-state index in [2.05, 4.69) is 31.9 Å². The number of hydrogen-bond acceptors (Lipinski definition) is 1. The molecule has 2 nitrogen and oxygen atoms in total. The molecule has 0 radical (unpaired) electrons. The van der Waals surface area contributed by atoms with E-state index in [1.54, 1.807) is 0 Å². The van der Waals surface area contributed by atoms with Crippen molar-refractivity contribution in [2.24, 2.45) is 7.05 Å². The SMILES string of the molecule is C.Cc1cc(C(C)(C)C)n(C)n1.